The van der Waals surface area contributed by atoms with Crippen LogP contribution in [0.25, 0.3) is 0 Å². The van der Waals surface area contributed by atoms with Crippen LogP contribution in [0.4, 0.5) is 4.79 Å². The number of carbonyl (C=O) groups excluding carboxylic acids is 1. The van der Waals surface area contributed by atoms with Crippen LogP contribution < -0.4 is 0 Å². The Bertz CT molecular complexity index is 130. The molecule has 2 saturated heterocycles. The molecule has 0 radical (unpaired) electrons. The zero-order valence-electron chi connectivity index (χ0n) is 4.70. The van der Waals surface area contributed by atoms with Crippen molar-refractivity contribution in [2.75, 3.05) is 13.2 Å². The highest BCUT2D eigenvalue weighted by atomic mass is 16.8. The molecule has 0 amide bonds. The lowest BCUT2D eigenvalue weighted by molar-refractivity contribution is 0.0473. The molecule has 0 saturated carbocycles. The summed E-state index contributed by atoms with van der Waals surface area (Å²) in [4.78, 5) is 10.3. The van der Waals surface area contributed by atoms with Crippen LogP contribution in [0.1, 0.15) is 0 Å². The molecule has 2 heterocycles. The van der Waals surface area contributed by atoms with E-state index in [0.717, 1.165) is 0 Å². The van der Waals surface area contributed by atoms with Gasteiger partial charge in [0.05, 0.1) is 0 Å². The normalized spacial score (nSPS) is 39.8. The second-order valence-corrected chi connectivity index (χ2v) is 2.08. The minimum Gasteiger partial charge on any atom is -0.431 e. The third kappa shape index (κ3) is 0.853. The lowest BCUT2D eigenvalue weighted by atomic mass is 10.3. The number of rotatable bonds is 0. The topological polar surface area (TPSA) is 48.1 Å². The molecule has 4 heteroatoms. The Balaban J connectivity index is 1.96. The van der Waals surface area contributed by atoms with Crippen molar-refractivity contribution in [3.63, 3.8) is 0 Å². The van der Waals surface area contributed by atoms with Crippen molar-refractivity contribution in [2.45, 2.75) is 12.2 Å². The molecule has 4 nitrogen and oxygen atoms in total. The van der Waals surface area contributed by atoms with E-state index in [9.17, 15) is 4.79 Å². The smallest absolute Gasteiger partial charge is 0.431 e. The number of cyclic esters (lactones) is 2. The van der Waals surface area contributed by atoms with Gasteiger partial charge in [0, 0.05) is 0 Å². The third-order valence-electron chi connectivity index (χ3n) is 1.42. The summed E-state index contributed by atoms with van der Waals surface area (Å²) in [5.41, 5.74) is 0. The first-order chi connectivity index (χ1) is 4.36. The van der Waals surface area contributed by atoms with Gasteiger partial charge in [-0.25, -0.2) is 4.79 Å². The Kier molecular flexibility index (Phi) is 0.900. The fraction of sp³-hybridized carbons (Fsp3) is 0.800. The molecule has 2 aliphatic heterocycles. The molecule has 0 aromatic carbocycles. The van der Waals surface area contributed by atoms with Crippen LogP contribution in [0.5, 0.6) is 0 Å². The van der Waals surface area contributed by atoms with E-state index in [-0.39, 0.29) is 12.2 Å². The summed E-state index contributed by atoms with van der Waals surface area (Å²) < 4.78 is 14.1. The Labute approximate surface area is 51.7 Å². The van der Waals surface area contributed by atoms with E-state index in [0.29, 0.717) is 13.2 Å². The molecule has 2 atom stereocenters. The van der Waals surface area contributed by atoms with E-state index < -0.39 is 6.16 Å². The third-order valence-corrected chi connectivity index (χ3v) is 1.42. The predicted molar refractivity (Wildman–Crippen MR) is 26.0 cm³/mol. The van der Waals surface area contributed by atoms with Gasteiger partial charge in [0.1, 0.15) is 25.4 Å². The summed E-state index contributed by atoms with van der Waals surface area (Å²) in [6.07, 6.45) is -0.362. The summed E-state index contributed by atoms with van der Waals surface area (Å²) >= 11 is 0. The van der Waals surface area contributed by atoms with E-state index in [1.165, 1.54) is 0 Å². The second-order valence-electron chi connectivity index (χ2n) is 2.08. The van der Waals surface area contributed by atoms with Crippen molar-refractivity contribution >= 4 is 6.16 Å². The van der Waals surface area contributed by atoms with E-state index in [4.69, 9.17) is 4.74 Å². The molecule has 0 N–H and O–H groups in total. The van der Waals surface area contributed by atoms with Crippen LogP contribution >= 0.6 is 0 Å². The Morgan fingerprint density at radius 3 is 2.33 bits per heavy atom. The molecule has 2 unspecified atom stereocenters. The van der Waals surface area contributed by atoms with Gasteiger partial charge < -0.3 is 14.2 Å². The molecule has 0 aromatic heterocycles. The molecule has 0 aliphatic carbocycles. The van der Waals surface area contributed by atoms with Crippen LogP contribution in [0.15, 0.2) is 0 Å². The zero-order valence-corrected chi connectivity index (χ0v) is 4.70. The standard InChI is InChI=1S/C5H6O4/c6-5-7-1-3-4(9-3)2-8-5/h3-4H,1-2H2. The monoisotopic (exact) mass is 130 g/mol. The number of hydrogen-bond donors (Lipinski definition) is 0. The van der Waals surface area contributed by atoms with Gasteiger partial charge >= 0.3 is 6.16 Å². The highest BCUT2D eigenvalue weighted by Gasteiger charge is 2.43. The van der Waals surface area contributed by atoms with Crippen molar-refractivity contribution in [3.8, 4) is 0 Å². The lowest BCUT2D eigenvalue weighted by Crippen LogP contribution is -2.07. The fourth-order valence-electron chi connectivity index (χ4n) is 0.814. The number of carbonyl (C=O) groups is 1. The maximum Gasteiger partial charge on any atom is 0.508 e. The van der Waals surface area contributed by atoms with Crippen LogP contribution in [0.3, 0.4) is 0 Å². The average molecular weight is 130 g/mol. The average Bonchev–Trinajstić information content (AvgIpc) is 2.54. The molecule has 0 aromatic rings. The fourth-order valence-corrected chi connectivity index (χ4v) is 0.814. The van der Waals surface area contributed by atoms with Crippen molar-refractivity contribution in [2.24, 2.45) is 0 Å². The van der Waals surface area contributed by atoms with Crippen LogP contribution in [-0.2, 0) is 14.2 Å². The first-order valence-corrected chi connectivity index (χ1v) is 2.81. The minimum absolute atomic E-state index is 0.108. The number of epoxide rings is 1. The van der Waals surface area contributed by atoms with Crippen molar-refractivity contribution in [3.05, 3.63) is 0 Å². The van der Waals surface area contributed by atoms with Gasteiger partial charge in [0.25, 0.3) is 0 Å². The highest BCUT2D eigenvalue weighted by molar-refractivity contribution is 5.60. The van der Waals surface area contributed by atoms with E-state index in [1.54, 1.807) is 0 Å². The van der Waals surface area contributed by atoms with Gasteiger partial charge in [-0.2, -0.15) is 0 Å². The molecule has 0 spiro atoms. The van der Waals surface area contributed by atoms with Gasteiger partial charge in [-0.1, -0.05) is 0 Å². The zero-order chi connectivity index (χ0) is 6.27. The SMILES string of the molecule is O=C1OCC2OC2CO1. The lowest BCUT2D eigenvalue weighted by Gasteiger charge is -1.98. The van der Waals surface area contributed by atoms with Gasteiger partial charge in [-0.3, -0.25) is 0 Å². The molecule has 50 valence electrons. The number of hydrogen-bond acceptors (Lipinski definition) is 4. The Morgan fingerprint density at radius 1 is 1.22 bits per heavy atom. The molecule has 9 heavy (non-hydrogen) atoms. The number of ether oxygens (including phenoxy) is 3. The van der Waals surface area contributed by atoms with Crippen LogP contribution in [0.2, 0.25) is 0 Å². The summed E-state index contributed by atoms with van der Waals surface area (Å²) in [7, 11) is 0. The second kappa shape index (κ2) is 1.60. The molecule has 0 bridgehead atoms. The maximum absolute atomic E-state index is 10.3. The predicted octanol–water partition coefficient (Wildman–Crippen LogP) is -0.0794. The minimum atomic E-state index is -0.578. The van der Waals surface area contributed by atoms with Gasteiger partial charge in [-0.15, -0.1) is 0 Å². The van der Waals surface area contributed by atoms with E-state index in [1.807, 2.05) is 0 Å². The maximum atomic E-state index is 10.3. The molecule has 2 rings (SSSR count). The molecular formula is C5H6O4. The number of fused-ring (bicyclic) bond motifs is 1. The van der Waals surface area contributed by atoms with Crippen molar-refractivity contribution in [1.82, 2.24) is 0 Å². The molecular weight excluding hydrogens is 124 g/mol. The summed E-state index contributed by atoms with van der Waals surface area (Å²) in [5.74, 6) is 0. The van der Waals surface area contributed by atoms with Crippen LogP contribution in [0, 0.1) is 0 Å². The van der Waals surface area contributed by atoms with Crippen LogP contribution in [-0.4, -0.2) is 31.6 Å². The summed E-state index contributed by atoms with van der Waals surface area (Å²) in [6.45, 7) is 0.701. The van der Waals surface area contributed by atoms with E-state index >= 15 is 0 Å². The molecule has 2 aliphatic rings. The Hall–Kier alpha value is -0.770. The van der Waals surface area contributed by atoms with Gasteiger partial charge in [0.15, 0.2) is 0 Å². The summed E-state index contributed by atoms with van der Waals surface area (Å²) in [5, 5.41) is 0. The Morgan fingerprint density at radius 2 is 1.78 bits per heavy atom. The quantitative estimate of drug-likeness (QED) is 0.340. The van der Waals surface area contributed by atoms with Gasteiger partial charge in [0.2, 0.25) is 0 Å². The van der Waals surface area contributed by atoms with Crippen molar-refractivity contribution in [1.29, 1.82) is 0 Å². The van der Waals surface area contributed by atoms with Gasteiger partial charge in [-0.05, 0) is 0 Å². The first-order valence-electron chi connectivity index (χ1n) is 2.81. The first kappa shape index (κ1) is 5.05. The molecule has 2 fully saturated rings. The van der Waals surface area contributed by atoms with Crippen molar-refractivity contribution < 1.29 is 19.0 Å². The summed E-state index contributed by atoms with van der Waals surface area (Å²) in [6, 6.07) is 0. The largest absolute Gasteiger partial charge is 0.508 e. The highest BCUT2D eigenvalue weighted by Crippen LogP contribution is 2.24. The van der Waals surface area contributed by atoms with E-state index in [2.05, 4.69) is 9.47 Å².